The van der Waals surface area contributed by atoms with E-state index in [-0.39, 0.29) is 11.9 Å². The molecule has 0 bridgehead atoms. The number of hydrogen-bond acceptors (Lipinski definition) is 1. The molecule has 3 N–H and O–H groups in total. The van der Waals surface area contributed by atoms with Gasteiger partial charge in [0.15, 0.2) is 6.04 Å². The van der Waals surface area contributed by atoms with Gasteiger partial charge in [-0.2, -0.15) is 0 Å². The lowest BCUT2D eigenvalue weighted by atomic mass is 9.95. The van der Waals surface area contributed by atoms with Crippen molar-refractivity contribution in [2.24, 2.45) is 0 Å². The van der Waals surface area contributed by atoms with Crippen molar-refractivity contribution in [3.8, 4) is 0 Å². The first-order valence-corrected chi connectivity index (χ1v) is 5.34. The van der Waals surface area contributed by atoms with Gasteiger partial charge in [0.05, 0.1) is 7.05 Å². The molecule has 0 aromatic carbocycles. The van der Waals surface area contributed by atoms with E-state index in [4.69, 9.17) is 0 Å². The largest absolute Gasteiger partial charge is 0.348 e. The molecule has 0 aliphatic heterocycles. The highest BCUT2D eigenvalue weighted by molar-refractivity contribution is 5.80. The van der Waals surface area contributed by atoms with Crippen molar-refractivity contribution in [1.82, 2.24) is 5.32 Å². The summed E-state index contributed by atoms with van der Waals surface area (Å²) in [7, 11) is 1.94. The smallest absolute Gasteiger partial charge is 0.278 e. The Kier molecular flexibility index (Phi) is 4.22. The molecule has 0 radical (unpaired) electrons. The highest BCUT2D eigenvalue weighted by Crippen LogP contribution is 2.17. The molecule has 1 aliphatic carbocycles. The SMILES string of the molecule is C[NH2+][C@H](C)C(=O)NC1CCCCC1. The van der Waals surface area contributed by atoms with Crippen molar-refractivity contribution in [2.45, 2.75) is 51.1 Å². The second-order valence-electron chi connectivity index (χ2n) is 3.97. The lowest BCUT2D eigenvalue weighted by Crippen LogP contribution is -2.88. The molecule has 13 heavy (non-hydrogen) atoms. The Morgan fingerprint density at radius 1 is 1.38 bits per heavy atom. The van der Waals surface area contributed by atoms with Crippen LogP contribution in [0.25, 0.3) is 0 Å². The molecule has 1 atom stereocenters. The van der Waals surface area contributed by atoms with Gasteiger partial charge < -0.3 is 10.6 Å². The van der Waals surface area contributed by atoms with Gasteiger partial charge in [0.25, 0.3) is 5.91 Å². The fourth-order valence-electron chi connectivity index (χ4n) is 1.73. The van der Waals surface area contributed by atoms with Gasteiger partial charge in [-0.05, 0) is 19.8 Å². The number of quaternary nitrogens is 1. The summed E-state index contributed by atoms with van der Waals surface area (Å²) in [5, 5.41) is 5.04. The topological polar surface area (TPSA) is 45.7 Å². The highest BCUT2D eigenvalue weighted by atomic mass is 16.2. The summed E-state index contributed by atoms with van der Waals surface area (Å²) in [6, 6.07) is 0.505. The van der Waals surface area contributed by atoms with Gasteiger partial charge in [-0.1, -0.05) is 19.3 Å². The monoisotopic (exact) mass is 185 g/mol. The number of nitrogens with one attached hydrogen (secondary N) is 1. The van der Waals surface area contributed by atoms with E-state index in [0.717, 1.165) is 0 Å². The van der Waals surface area contributed by atoms with Crippen molar-refractivity contribution >= 4 is 5.91 Å². The summed E-state index contributed by atoms with van der Waals surface area (Å²) in [6.07, 6.45) is 6.22. The van der Waals surface area contributed by atoms with Gasteiger partial charge in [-0.25, -0.2) is 0 Å². The summed E-state index contributed by atoms with van der Waals surface area (Å²) in [5.41, 5.74) is 0. The molecular weight excluding hydrogens is 164 g/mol. The molecule has 1 amide bonds. The van der Waals surface area contributed by atoms with Crippen molar-refractivity contribution in [2.75, 3.05) is 7.05 Å². The van der Waals surface area contributed by atoms with Crippen LogP contribution in [0.1, 0.15) is 39.0 Å². The minimum atomic E-state index is 0.0573. The summed E-state index contributed by atoms with van der Waals surface area (Å²) in [6.45, 7) is 1.94. The average molecular weight is 185 g/mol. The van der Waals surface area contributed by atoms with Crippen LogP contribution in [-0.4, -0.2) is 25.0 Å². The molecule has 0 saturated heterocycles. The molecule has 3 heteroatoms. The fraction of sp³-hybridized carbons (Fsp3) is 0.900. The lowest BCUT2D eigenvalue weighted by molar-refractivity contribution is -0.646. The standard InChI is InChI=1S/C10H20N2O/c1-8(11-2)10(13)12-9-6-4-3-5-7-9/h8-9,11H,3-7H2,1-2H3,(H,12,13)/p+1/t8-/m1/s1. The molecule has 1 fully saturated rings. The zero-order valence-electron chi connectivity index (χ0n) is 8.68. The van der Waals surface area contributed by atoms with Gasteiger partial charge in [0.2, 0.25) is 0 Å². The predicted molar refractivity (Wildman–Crippen MR) is 52.3 cm³/mol. The van der Waals surface area contributed by atoms with E-state index in [9.17, 15) is 4.79 Å². The number of carbonyl (C=O) groups excluding carboxylic acids is 1. The Hall–Kier alpha value is -0.570. The van der Waals surface area contributed by atoms with Gasteiger partial charge in [-0.3, -0.25) is 4.79 Å². The van der Waals surface area contributed by atoms with Crippen LogP contribution in [0, 0.1) is 0 Å². The molecule has 0 aromatic heterocycles. The van der Waals surface area contributed by atoms with Crippen molar-refractivity contribution in [3.05, 3.63) is 0 Å². The van der Waals surface area contributed by atoms with Gasteiger partial charge in [-0.15, -0.1) is 0 Å². The summed E-state index contributed by atoms with van der Waals surface area (Å²) >= 11 is 0. The number of hydrogen-bond donors (Lipinski definition) is 2. The van der Waals surface area contributed by atoms with Crippen molar-refractivity contribution < 1.29 is 10.1 Å². The van der Waals surface area contributed by atoms with E-state index in [2.05, 4.69) is 5.32 Å². The molecule has 1 aliphatic rings. The van der Waals surface area contributed by atoms with Crippen LogP contribution in [0.2, 0.25) is 0 Å². The van der Waals surface area contributed by atoms with Gasteiger partial charge in [0.1, 0.15) is 0 Å². The zero-order valence-corrected chi connectivity index (χ0v) is 8.68. The Morgan fingerprint density at radius 2 is 2.00 bits per heavy atom. The number of likely N-dealkylation sites (N-methyl/N-ethyl adjacent to an activating group) is 1. The van der Waals surface area contributed by atoms with Crippen LogP contribution in [0.4, 0.5) is 0 Å². The maximum absolute atomic E-state index is 11.5. The Balaban J connectivity index is 2.26. The first kappa shape index (κ1) is 10.5. The van der Waals surface area contributed by atoms with E-state index >= 15 is 0 Å². The molecule has 1 saturated carbocycles. The second-order valence-corrected chi connectivity index (χ2v) is 3.97. The number of carbonyl (C=O) groups is 1. The van der Waals surface area contributed by atoms with Crippen molar-refractivity contribution in [1.29, 1.82) is 0 Å². The maximum Gasteiger partial charge on any atom is 0.278 e. The highest BCUT2D eigenvalue weighted by Gasteiger charge is 2.19. The molecule has 0 heterocycles. The summed E-state index contributed by atoms with van der Waals surface area (Å²) in [5.74, 6) is 0.189. The van der Waals surface area contributed by atoms with Crippen LogP contribution in [-0.2, 0) is 4.79 Å². The molecule has 0 spiro atoms. The van der Waals surface area contributed by atoms with E-state index in [1.54, 1.807) is 0 Å². The first-order chi connectivity index (χ1) is 6.24. The minimum absolute atomic E-state index is 0.0573. The number of rotatable bonds is 3. The molecule has 0 unspecified atom stereocenters. The molecule has 0 aromatic rings. The lowest BCUT2D eigenvalue weighted by Gasteiger charge is -2.23. The van der Waals surface area contributed by atoms with Gasteiger partial charge >= 0.3 is 0 Å². The Bertz CT molecular complexity index is 164. The second kappa shape index (κ2) is 5.22. The summed E-state index contributed by atoms with van der Waals surface area (Å²) < 4.78 is 0. The van der Waals surface area contributed by atoms with Crippen LogP contribution >= 0.6 is 0 Å². The number of amides is 1. The maximum atomic E-state index is 11.5. The third-order valence-corrected chi connectivity index (χ3v) is 2.87. The van der Waals surface area contributed by atoms with Crippen LogP contribution in [0.15, 0.2) is 0 Å². The first-order valence-electron chi connectivity index (χ1n) is 5.34. The fourth-order valence-corrected chi connectivity index (χ4v) is 1.73. The third-order valence-electron chi connectivity index (χ3n) is 2.87. The molecule has 3 nitrogen and oxygen atoms in total. The van der Waals surface area contributed by atoms with E-state index < -0.39 is 0 Å². The zero-order chi connectivity index (χ0) is 9.68. The van der Waals surface area contributed by atoms with E-state index in [0.29, 0.717) is 6.04 Å². The average Bonchev–Trinajstić information content (AvgIpc) is 2.18. The van der Waals surface area contributed by atoms with Gasteiger partial charge in [0, 0.05) is 6.04 Å². The Morgan fingerprint density at radius 3 is 2.54 bits per heavy atom. The Labute approximate surface area is 80.3 Å². The van der Waals surface area contributed by atoms with Crippen molar-refractivity contribution in [3.63, 3.8) is 0 Å². The van der Waals surface area contributed by atoms with E-state index in [1.807, 2.05) is 19.3 Å². The predicted octanol–water partition coefficient (Wildman–Crippen LogP) is 0.0170. The quantitative estimate of drug-likeness (QED) is 0.639. The minimum Gasteiger partial charge on any atom is -0.348 e. The molecule has 76 valence electrons. The third kappa shape index (κ3) is 3.35. The van der Waals surface area contributed by atoms with E-state index in [1.165, 1.54) is 32.1 Å². The number of nitrogens with two attached hydrogens (primary N) is 1. The molecule has 1 rings (SSSR count). The normalized spacial score (nSPS) is 21.1. The molecular formula is C10H21N2O+. The van der Waals surface area contributed by atoms with Crippen LogP contribution in [0.5, 0.6) is 0 Å². The summed E-state index contributed by atoms with van der Waals surface area (Å²) in [4.78, 5) is 11.5. The van der Waals surface area contributed by atoms with Crippen LogP contribution in [0.3, 0.4) is 0 Å². The van der Waals surface area contributed by atoms with Crippen LogP contribution < -0.4 is 10.6 Å².